The number of nitrogens with zero attached hydrogens (tertiary/aromatic N) is 2. The first kappa shape index (κ1) is 7.14. The predicted octanol–water partition coefficient (Wildman–Crippen LogP) is 0.744. The topological polar surface area (TPSA) is 15.6 Å². The summed E-state index contributed by atoms with van der Waals surface area (Å²) >= 11 is 0. The van der Waals surface area contributed by atoms with E-state index >= 15 is 0 Å². The van der Waals surface area contributed by atoms with Gasteiger partial charge in [-0.2, -0.15) is 0 Å². The van der Waals surface area contributed by atoms with Crippen molar-refractivity contribution >= 4 is 5.84 Å². The van der Waals surface area contributed by atoms with E-state index < -0.39 is 0 Å². The molecule has 1 heterocycles. The summed E-state index contributed by atoms with van der Waals surface area (Å²) < 4.78 is 0. The zero-order valence-electron chi connectivity index (χ0n) is 6.30. The van der Waals surface area contributed by atoms with Gasteiger partial charge in [0.05, 0.1) is 12.4 Å². The molecule has 0 bridgehead atoms. The fraction of sp³-hybridized carbons (Fsp3) is 0.625. The molecule has 2 heteroatoms. The highest BCUT2D eigenvalue weighted by atomic mass is 15.2. The van der Waals surface area contributed by atoms with Crippen molar-refractivity contribution in [2.24, 2.45) is 4.99 Å². The van der Waals surface area contributed by atoms with Gasteiger partial charge in [0.15, 0.2) is 0 Å². The zero-order chi connectivity index (χ0) is 7.40. The van der Waals surface area contributed by atoms with Gasteiger partial charge in [-0.25, -0.2) is 0 Å². The lowest BCUT2D eigenvalue weighted by Crippen LogP contribution is -2.24. The van der Waals surface area contributed by atoms with Crippen LogP contribution in [0, 0.1) is 12.3 Å². The van der Waals surface area contributed by atoms with Crippen molar-refractivity contribution in [3.63, 3.8) is 0 Å². The molecule has 1 aliphatic rings. The van der Waals surface area contributed by atoms with E-state index in [0.717, 1.165) is 18.8 Å². The van der Waals surface area contributed by atoms with Crippen LogP contribution in [0.4, 0.5) is 0 Å². The van der Waals surface area contributed by atoms with Crippen LogP contribution < -0.4 is 0 Å². The van der Waals surface area contributed by atoms with E-state index in [-0.39, 0.29) is 0 Å². The van der Waals surface area contributed by atoms with Gasteiger partial charge < -0.3 is 4.90 Å². The Labute approximate surface area is 61.9 Å². The Morgan fingerprint density at radius 1 is 1.80 bits per heavy atom. The molecule has 0 radical (unpaired) electrons. The molecule has 10 heavy (non-hydrogen) atoms. The van der Waals surface area contributed by atoms with Crippen LogP contribution in [0.25, 0.3) is 0 Å². The van der Waals surface area contributed by atoms with Crippen molar-refractivity contribution in [1.82, 2.24) is 4.90 Å². The highest BCUT2D eigenvalue weighted by Crippen LogP contribution is 2.09. The van der Waals surface area contributed by atoms with Crippen LogP contribution in [0.3, 0.4) is 0 Å². The molecule has 0 amide bonds. The first-order chi connectivity index (χ1) is 4.88. The maximum atomic E-state index is 5.18. The van der Waals surface area contributed by atoms with E-state index in [9.17, 15) is 0 Å². The van der Waals surface area contributed by atoms with Crippen molar-refractivity contribution in [2.45, 2.75) is 12.8 Å². The molecule has 0 aromatic carbocycles. The number of terminal acetylenes is 1. The van der Waals surface area contributed by atoms with Crippen LogP contribution in [0.5, 0.6) is 0 Å². The van der Waals surface area contributed by atoms with Crippen molar-refractivity contribution < 1.29 is 0 Å². The second-order valence-electron chi connectivity index (χ2n) is 2.37. The van der Waals surface area contributed by atoms with Gasteiger partial charge in [0.25, 0.3) is 0 Å². The van der Waals surface area contributed by atoms with Gasteiger partial charge in [0, 0.05) is 20.0 Å². The molecule has 1 saturated heterocycles. The molecule has 0 aromatic heterocycles. The Morgan fingerprint density at radius 3 is 3.20 bits per heavy atom. The van der Waals surface area contributed by atoms with Crippen LogP contribution >= 0.6 is 0 Å². The average molecular weight is 136 g/mol. The maximum Gasteiger partial charge on any atom is 0.0994 e. The summed E-state index contributed by atoms with van der Waals surface area (Å²) in [7, 11) is 1.82. The minimum absolute atomic E-state index is 0.715. The summed E-state index contributed by atoms with van der Waals surface area (Å²) in [5.41, 5.74) is 0. The minimum atomic E-state index is 0.715. The third-order valence-corrected chi connectivity index (χ3v) is 1.73. The summed E-state index contributed by atoms with van der Waals surface area (Å²) in [6, 6.07) is 0. The maximum absolute atomic E-state index is 5.18. The first-order valence-electron chi connectivity index (χ1n) is 3.52. The molecule has 0 spiro atoms. The average Bonchev–Trinajstić information content (AvgIpc) is 2.36. The quantitative estimate of drug-likeness (QED) is 0.485. The minimum Gasteiger partial charge on any atom is -0.349 e. The molecule has 54 valence electrons. The Morgan fingerprint density at radius 2 is 2.60 bits per heavy atom. The van der Waals surface area contributed by atoms with Crippen molar-refractivity contribution in [2.75, 3.05) is 20.1 Å². The SMILES string of the molecule is C#CCN1CCC/C1=N\C. The summed E-state index contributed by atoms with van der Waals surface area (Å²) in [6.45, 7) is 1.80. The largest absolute Gasteiger partial charge is 0.349 e. The smallest absolute Gasteiger partial charge is 0.0994 e. The van der Waals surface area contributed by atoms with E-state index in [1.807, 2.05) is 7.05 Å². The Balaban J connectivity index is 2.52. The molecular weight excluding hydrogens is 124 g/mol. The monoisotopic (exact) mass is 136 g/mol. The second-order valence-corrected chi connectivity index (χ2v) is 2.37. The van der Waals surface area contributed by atoms with Gasteiger partial charge in [-0.1, -0.05) is 5.92 Å². The Bertz CT molecular complexity index is 176. The lowest BCUT2D eigenvalue weighted by molar-refractivity contribution is 0.509. The van der Waals surface area contributed by atoms with Gasteiger partial charge in [-0.15, -0.1) is 6.42 Å². The summed E-state index contributed by atoms with van der Waals surface area (Å²) in [5, 5.41) is 0. The number of aliphatic imine (C=N–C) groups is 1. The molecule has 0 unspecified atom stereocenters. The molecule has 2 nitrogen and oxygen atoms in total. The van der Waals surface area contributed by atoms with Crippen molar-refractivity contribution in [3.8, 4) is 12.3 Å². The van der Waals surface area contributed by atoms with Crippen LogP contribution in [-0.4, -0.2) is 30.9 Å². The molecule has 1 fully saturated rings. The van der Waals surface area contributed by atoms with E-state index in [1.165, 1.54) is 6.42 Å². The van der Waals surface area contributed by atoms with Crippen LogP contribution in [0.15, 0.2) is 4.99 Å². The van der Waals surface area contributed by atoms with Gasteiger partial charge in [-0.3, -0.25) is 4.99 Å². The van der Waals surface area contributed by atoms with Gasteiger partial charge in [-0.05, 0) is 6.42 Å². The van der Waals surface area contributed by atoms with E-state index in [1.54, 1.807) is 0 Å². The molecule has 1 rings (SSSR count). The number of hydrogen-bond acceptors (Lipinski definition) is 1. The highest BCUT2D eigenvalue weighted by Gasteiger charge is 2.15. The second kappa shape index (κ2) is 3.26. The Kier molecular flexibility index (Phi) is 2.33. The first-order valence-corrected chi connectivity index (χ1v) is 3.52. The van der Waals surface area contributed by atoms with Gasteiger partial charge in [0.1, 0.15) is 0 Å². The summed E-state index contributed by atoms with van der Waals surface area (Å²) in [4.78, 5) is 6.29. The fourth-order valence-corrected chi connectivity index (χ4v) is 1.25. The molecule has 0 N–H and O–H groups in total. The number of hydrogen-bond donors (Lipinski definition) is 0. The molecule has 0 aliphatic carbocycles. The number of amidine groups is 1. The van der Waals surface area contributed by atoms with Gasteiger partial charge in [0.2, 0.25) is 0 Å². The molecule has 1 aliphatic heterocycles. The van der Waals surface area contributed by atoms with Crippen LogP contribution in [0.1, 0.15) is 12.8 Å². The molecular formula is C8H12N2. The summed E-state index contributed by atoms with van der Waals surface area (Å²) in [5.74, 6) is 3.78. The molecule has 0 atom stereocenters. The molecule has 0 aromatic rings. The lowest BCUT2D eigenvalue weighted by Gasteiger charge is -2.13. The third kappa shape index (κ3) is 1.30. The standard InChI is InChI=1S/C8H12N2/c1-3-6-10-7-4-5-8(10)9-2/h1H,4-7H2,2H3/b9-8+. The van der Waals surface area contributed by atoms with Gasteiger partial charge >= 0.3 is 0 Å². The number of rotatable bonds is 1. The lowest BCUT2D eigenvalue weighted by atomic mass is 10.4. The third-order valence-electron chi connectivity index (χ3n) is 1.73. The fourth-order valence-electron chi connectivity index (χ4n) is 1.25. The number of likely N-dealkylation sites (tertiary alicyclic amines) is 1. The van der Waals surface area contributed by atoms with Crippen molar-refractivity contribution in [3.05, 3.63) is 0 Å². The van der Waals surface area contributed by atoms with E-state index in [0.29, 0.717) is 6.54 Å². The molecule has 0 saturated carbocycles. The normalized spacial score (nSPS) is 21.6. The van der Waals surface area contributed by atoms with Crippen LogP contribution in [0.2, 0.25) is 0 Å². The van der Waals surface area contributed by atoms with Crippen LogP contribution in [-0.2, 0) is 0 Å². The Hall–Kier alpha value is -0.970. The summed E-state index contributed by atoms with van der Waals surface area (Å²) in [6.07, 6.45) is 7.48. The zero-order valence-corrected chi connectivity index (χ0v) is 6.30. The van der Waals surface area contributed by atoms with E-state index in [2.05, 4.69) is 15.8 Å². The van der Waals surface area contributed by atoms with Crippen molar-refractivity contribution in [1.29, 1.82) is 0 Å². The highest BCUT2D eigenvalue weighted by molar-refractivity contribution is 5.84. The predicted molar refractivity (Wildman–Crippen MR) is 43.0 cm³/mol. The van der Waals surface area contributed by atoms with E-state index in [4.69, 9.17) is 6.42 Å².